The molecule has 2 amide bonds. The Bertz CT molecular complexity index is 1520. The lowest BCUT2D eigenvalue weighted by Gasteiger charge is -2.29. The van der Waals surface area contributed by atoms with Crippen LogP contribution < -0.4 is 10.6 Å². The summed E-state index contributed by atoms with van der Waals surface area (Å²) in [4.78, 5) is 38.6. The summed E-state index contributed by atoms with van der Waals surface area (Å²) in [5.41, 5.74) is 9.04. The molecule has 0 bridgehead atoms. The molecule has 1 saturated heterocycles. The Labute approximate surface area is 234 Å². The molecular formula is C31H35FN6O2. The van der Waals surface area contributed by atoms with Crippen molar-refractivity contribution in [3.63, 3.8) is 0 Å². The van der Waals surface area contributed by atoms with Gasteiger partial charge in [0.1, 0.15) is 11.7 Å². The van der Waals surface area contributed by atoms with E-state index in [1.54, 1.807) is 24.3 Å². The lowest BCUT2D eigenvalue weighted by Crippen LogP contribution is -2.42. The Morgan fingerprint density at radius 1 is 1.23 bits per heavy atom. The summed E-state index contributed by atoms with van der Waals surface area (Å²) in [6.07, 6.45) is 6.30. The molecule has 0 spiro atoms. The molecule has 208 valence electrons. The van der Waals surface area contributed by atoms with Gasteiger partial charge >= 0.3 is 0 Å². The number of H-pyrrole nitrogens is 1. The van der Waals surface area contributed by atoms with Crippen LogP contribution in [0.5, 0.6) is 0 Å². The summed E-state index contributed by atoms with van der Waals surface area (Å²) in [7, 11) is 0. The number of carbonyl (C=O) groups is 2. The third kappa shape index (κ3) is 5.18. The van der Waals surface area contributed by atoms with Gasteiger partial charge in [0.15, 0.2) is 0 Å². The zero-order chi connectivity index (χ0) is 28.4. The fraction of sp³-hybridized carbons (Fsp3) is 0.355. The number of hydrogen-bond donors (Lipinski definition) is 3. The second-order valence-corrected chi connectivity index (χ2v) is 10.1. The maximum atomic E-state index is 14.1. The summed E-state index contributed by atoms with van der Waals surface area (Å²) >= 11 is 0. The first kappa shape index (κ1) is 27.4. The zero-order valence-electron chi connectivity index (χ0n) is 23.4. The van der Waals surface area contributed by atoms with E-state index in [0.717, 1.165) is 43.0 Å². The third-order valence-corrected chi connectivity index (χ3v) is 7.82. The summed E-state index contributed by atoms with van der Waals surface area (Å²) in [6, 6.07) is 4.85. The predicted molar refractivity (Wildman–Crippen MR) is 156 cm³/mol. The van der Waals surface area contributed by atoms with E-state index in [1.165, 1.54) is 12.3 Å². The van der Waals surface area contributed by atoms with Gasteiger partial charge < -0.3 is 25.4 Å². The van der Waals surface area contributed by atoms with Crippen molar-refractivity contribution in [1.29, 1.82) is 0 Å². The standard InChI is InChI=1S/C31H35FN6O2/c1-5-20-17-21(10-11-23(20)32)34-24-9-8-13-33-29-28(24)22(30(39)36-29)18-26-19(4)27-25(35-26)12-14-38(31(27)40)16-15-37(6-2)7-3/h9-11,13,17-18,34-35H,5-7,12,14-16H2,1-4H3,(H,33,36,39)/b22-18-. The minimum atomic E-state index is -0.288. The summed E-state index contributed by atoms with van der Waals surface area (Å²) < 4.78 is 14.1. The van der Waals surface area contributed by atoms with Gasteiger partial charge in [-0.05, 0) is 61.8 Å². The molecule has 1 fully saturated rings. The molecule has 0 atom stereocenters. The Hall–Kier alpha value is -4.20. The van der Waals surface area contributed by atoms with E-state index < -0.39 is 0 Å². The van der Waals surface area contributed by atoms with Crippen LogP contribution in [0, 0.1) is 12.7 Å². The average molecular weight is 543 g/mol. The molecular weight excluding hydrogens is 507 g/mol. The molecule has 2 aromatic rings. The maximum absolute atomic E-state index is 14.1. The van der Waals surface area contributed by atoms with Crippen molar-refractivity contribution in [2.24, 2.45) is 4.99 Å². The smallest absolute Gasteiger partial charge is 0.257 e. The second-order valence-electron chi connectivity index (χ2n) is 10.1. The van der Waals surface area contributed by atoms with Gasteiger partial charge in [-0.25, -0.2) is 9.38 Å². The number of carbonyl (C=O) groups excluding carboxylic acids is 2. The fourth-order valence-electron chi connectivity index (χ4n) is 5.42. The van der Waals surface area contributed by atoms with Gasteiger partial charge in [-0.1, -0.05) is 26.5 Å². The molecule has 1 aromatic heterocycles. The molecule has 0 radical (unpaired) electrons. The number of aryl methyl sites for hydroxylation is 1. The van der Waals surface area contributed by atoms with E-state index in [9.17, 15) is 14.0 Å². The van der Waals surface area contributed by atoms with E-state index in [0.29, 0.717) is 59.0 Å². The van der Waals surface area contributed by atoms with Crippen LogP contribution in [0.2, 0.25) is 0 Å². The second kappa shape index (κ2) is 11.5. The third-order valence-electron chi connectivity index (χ3n) is 7.82. The molecule has 3 aliphatic heterocycles. The molecule has 8 nitrogen and oxygen atoms in total. The van der Waals surface area contributed by atoms with Crippen LogP contribution in [0.3, 0.4) is 0 Å². The van der Waals surface area contributed by atoms with Gasteiger partial charge in [0, 0.05) is 49.2 Å². The Balaban J connectivity index is 1.49. The number of amides is 2. The molecule has 4 heterocycles. The van der Waals surface area contributed by atoms with E-state index in [4.69, 9.17) is 0 Å². The number of nitrogens with zero attached hydrogens (tertiary/aromatic N) is 3. The molecule has 1 aromatic carbocycles. The van der Waals surface area contributed by atoms with E-state index in [1.807, 2.05) is 18.7 Å². The normalized spacial score (nSPS) is 17.4. The number of likely N-dealkylation sites (N-methyl/N-ethyl adjacent to an activating group) is 1. The number of aliphatic imine (C=N–C) groups is 1. The van der Waals surface area contributed by atoms with Crippen molar-refractivity contribution in [1.82, 2.24) is 20.1 Å². The molecule has 3 N–H and O–H groups in total. The minimum Gasteiger partial charge on any atom is -0.358 e. The molecule has 0 aliphatic carbocycles. The number of allylic oxidation sites excluding steroid dienone is 1. The van der Waals surface area contributed by atoms with Gasteiger partial charge in [-0.3, -0.25) is 9.59 Å². The summed E-state index contributed by atoms with van der Waals surface area (Å²) in [5, 5.41) is 6.17. The number of benzene rings is 1. The van der Waals surface area contributed by atoms with Crippen LogP contribution in [0.25, 0.3) is 6.08 Å². The van der Waals surface area contributed by atoms with Crippen LogP contribution >= 0.6 is 0 Å². The van der Waals surface area contributed by atoms with Gasteiger partial charge in [0.2, 0.25) is 0 Å². The Kier molecular flexibility index (Phi) is 7.87. The number of aromatic nitrogens is 1. The summed E-state index contributed by atoms with van der Waals surface area (Å²) in [5.74, 6) is -0.110. The highest BCUT2D eigenvalue weighted by Crippen LogP contribution is 2.31. The first-order valence-electron chi connectivity index (χ1n) is 13.9. The first-order valence-corrected chi connectivity index (χ1v) is 13.9. The number of nitrogens with one attached hydrogen (secondary N) is 3. The predicted octanol–water partition coefficient (Wildman–Crippen LogP) is 4.33. The van der Waals surface area contributed by atoms with Crippen LogP contribution in [0.4, 0.5) is 10.1 Å². The first-order chi connectivity index (χ1) is 19.3. The van der Waals surface area contributed by atoms with Crippen molar-refractivity contribution >= 4 is 29.4 Å². The fourth-order valence-corrected chi connectivity index (χ4v) is 5.42. The molecule has 0 unspecified atom stereocenters. The molecule has 40 heavy (non-hydrogen) atoms. The number of rotatable bonds is 9. The van der Waals surface area contributed by atoms with Crippen LogP contribution in [0.1, 0.15) is 53.6 Å². The SMILES string of the molecule is CCc1cc(NC2=C3C(=NC=C=C2)NC(=O)/C3=C\c2[nH]c3c(c2C)C(=O)N(CCN(CC)CC)CC3)ccc1F. The largest absolute Gasteiger partial charge is 0.358 e. The zero-order valence-corrected chi connectivity index (χ0v) is 23.4. The van der Waals surface area contributed by atoms with Gasteiger partial charge in [-0.15, -0.1) is 0 Å². The van der Waals surface area contributed by atoms with Crippen molar-refractivity contribution in [2.75, 3.05) is 38.0 Å². The molecule has 3 aliphatic rings. The molecule has 9 heteroatoms. The highest BCUT2D eigenvalue weighted by molar-refractivity contribution is 6.29. The average Bonchev–Trinajstić information content (AvgIpc) is 3.36. The highest BCUT2D eigenvalue weighted by atomic mass is 19.1. The number of hydrogen-bond acceptors (Lipinski definition) is 5. The lowest BCUT2D eigenvalue weighted by molar-refractivity contribution is -0.115. The highest BCUT2D eigenvalue weighted by Gasteiger charge is 2.34. The monoisotopic (exact) mass is 542 g/mol. The number of halogens is 1. The Morgan fingerprint density at radius 2 is 2.02 bits per heavy atom. The Morgan fingerprint density at radius 3 is 2.77 bits per heavy atom. The number of fused-ring (bicyclic) bond motifs is 2. The van der Waals surface area contributed by atoms with Crippen molar-refractivity contribution < 1.29 is 14.0 Å². The minimum absolute atomic E-state index is 0.0242. The quantitative estimate of drug-likeness (QED) is 0.325. The lowest BCUT2D eigenvalue weighted by atomic mass is 10.0. The van der Waals surface area contributed by atoms with Gasteiger partial charge in [-0.2, -0.15) is 0 Å². The number of anilines is 1. The summed E-state index contributed by atoms with van der Waals surface area (Å²) in [6.45, 7) is 12.2. The maximum Gasteiger partial charge on any atom is 0.257 e. The van der Waals surface area contributed by atoms with E-state index in [2.05, 4.69) is 45.1 Å². The van der Waals surface area contributed by atoms with Crippen LogP contribution in [-0.2, 0) is 17.6 Å². The number of amidine groups is 1. The van der Waals surface area contributed by atoms with Crippen molar-refractivity contribution in [2.45, 2.75) is 40.5 Å². The van der Waals surface area contributed by atoms with Crippen molar-refractivity contribution in [3.05, 3.63) is 86.9 Å². The number of aromatic amines is 1. The molecule has 5 rings (SSSR count). The van der Waals surface area contributed by atoms with Gasteiger partial charge in [0.25, 0.3) is 11.8 Å². The van der Waals surface area contributed by atoms with E-state index >= 15 is 0 Å². The topological polar surface area (TPSA) is 92.8 Å². The van der Waals surface area contributed by atoms with Gasteiger partial charge in [0.05, 0.1) is 28.6 Å². The van der Waals surface area contributed by atoms with E-state index in [-0.39, 0.29) is 17.6 Å². The van der Waals surface area contributed by atoms with Crippen molar-refractivity contribution in [3.8, 4) is 0 Å². The molecule has 0 saturated carbocycles. The van der Waals surface area contributed by atoms with Crippen LogP contribution in [-0.4, -0.2) is 65.2 Å². The van der Waals surface area contributed by atoms with Crippen LogP contribution in [0.15, 0.2) is 58.0 Å².